The van der Waals surface area contributed by atoms with Gasteiger partial charge in [0.2, 0.25) is 0 Å². The van der Waals surface area contributed by atoms with Crippen molar-refractivity contribution >= 4 is 15.7 Å². The Labute approximate surface area is 133 Å². The molecular formula is C15H17N3O4S. The first kappa shape index (κ1) is 15.5. The zero-order valence-corrected chi connectivity index (χ0v) is 13.9. The van der Waals surface area contributed by atoms with Gasteiger partial charge in [0.25, 0.3) is 15.6 Å². The molecule has 3 rings (SSSR count). The maximum Gasteiger partial charge on any atom is 0.330 e. The molecule has 1 aliphatic heterocycles. The minimum absolute atomic E-state index is 0.292. The Bertz CT molecular complexity index is 1000. The maximum atomic E-state index is 13.0. The Morgan fingerprint density at radius 1 is 1.13 bits per heavy atom. The molecule has 8 heteroatoms. The topological polar surface area (TPSA) is 81.4 Å². The van der Waals surface area contributed by atoms with Crippen LogP contribution >= 0.6 is 0 Å². The number of sulfonamides is 1. The molecule has 0 N–H and O–H groups in total. The van der Waals surface area contributed by atoms with Crippen LogP contribution in [0.2, 0.25) is 0 Å². The van der Waals surface area contributed by atoms with Crippen molar-refractivity contribution < 1.29 is 8.42 Å². The quantitative estimate of drug-likeness (QED) is 0.786. The van der Waals surface area contributed by atoms with Gasteiger partial charge >= 0.3 is 5.69 Å². The summed E-state index contributed by atoms with van der Waals surface area (Å²) in [6.07, 6.45) is 1.68. The second-order valence-electron chi connectivity index (χ2n) is 5.73. The van der Waals surface area contributed by atoms with E-state index >= 15 is 0 Å². The van der Waals surface area contributed by atoms with E-state index < -0.39 is 26.2 Å². The lowest BCUT2D eigenvalue weighted by molar-refractivity contribution is 0.573. The van der Waals surface area contributed by atoms with E-state index in [4.69, 9.17) is 0 Å². The van der Waals surface area contributed by atoms with E-state index in [9.17, 15) is 18.0 Å². The number of aromatic nitrogens is 2. The Morgan fingerprint density at radius 2 is 1.78 bits per heavy atom. The molecule has 1 aromatic heterocycles. The van der Waals surface area contributed by atoms with E-state index in [0.717, 1.165) is 20.9 Å². The van der Waals surface area contributed by atoms with Crippen molar-refractivity contribution in [2.45, 2.75) is 24.3 Å². The number of aryl methyl sites for hydroxylation is 1. The highest BCUT2D eigenvalue weighted by Gasteiger charge is 2.37. The van der Waals surface area contributed by atoms with Crippen molar-refractivity contribution in [1.29, 1.82) is 0 Å². The summed E-state index contributed by atoms with van der Waals surface area (Å²) in [5, 5.41) is 0. The first-order valence-electron chi connectivity index (χ1n) is 7.14. The Hall–Kier alpha value is -2.35. The molecule has 0 saturated heterocycles. The van der Waals surface area contributed by atoms with Gasteiger partial charge in [-0.25, -0.2) is 13.2 Å². The smallest absolute Gasteiger partial charge is 0.302 e. The average Bonchev–Trinajstić information content (AvgIpc) is 2.85. The summed E-state index contributed by atoms with van der Waals surface area (Å²) in [6.45, 7) is 1.80. The van der Waals surface area contributed by atoms with Crippen LogP contribution in [-0.2, 0) is 30.5 Å². The Morgan fingerprint density at radius 3 is 2.48 bits per heavy atom. The van der Waals surface area contributed by atoms with Crippen molar-refractivity contribution in [3.05, 3.63) is 56.9 Å². The van der Waals surface area contributed by atoms with E-state index in [1.807, 2.05) is 12.1 Å². The van der Waals surface area contributed by atoms with Gasteiger partial charge in [-0.2, -0.15) is 0 Å². The van der Waals surface area contributed by atoms with Crippen LogP contribution in [0.15, 0.2) is 44.9 Å². The normalized spacial score (nSPS) is 17.3. The molecule has 0 unspecified atom stereocenters. The Kier molecular flexibility index (Phi) is 3.44. The molecule has 2 heterocycles. The molecule has 23 heavy (non-hydrogen) atoms. The molecule has 0 saturated carbocycles. The molecule has 122 valence electrons. The van der Waals surface area contributed by atoms with Gasteiger partial charge in [-0.15, -0.1) is 0 Å². The van der Waals surface area contributed by atoms with Crippen molar-refractivity contribution in [1.82, 2.24) is 9.13 Å². The number of nitrogens with zero attached hydrogens (tertiary/aromatic N) is 3. The van der Waals surface area contributed by atoms with Crippen molar-refractivity contribution in [3.63, 3.8) is 0 Å². The maximum absolute atomic E-state index is 13.0. The van der Waals surface area contributed by atoms with Crippen LogP contribution in [-0.4, -0.2) is 23.6 Å². The summed E-state index contributed by atoms with van der Waals surface area (Å²) in [4.78, 5) is 23.7. The summed E-state index contributed by atoms with van der Waals surface area (Å²) in [7, 11) is -1.37. The molecule has 0 fully saturated rings. The standard InChI is InChI=1S/C15H17N3O4S/c1-10-8-11-6-4-5-7-12(11)18(10)23(21,22)13-9-16(2)15(20)17(3)14(13)19/h4-7,9-10H,8H2,1-3H3/t10-/m0/s1. The van der Waals surface area contributed by atoms with E-state index in [1.165, 1.54) is 18.4 Å². The summed E-state index contributed by atoms with van der Waals surface area (Å²) >= 11 is 0. The number of benzene rings is 1. The lowest BCUT2D eigenvalue weighted by Gasteiger charge is -2.24. The van der Waals surface area contributed by atoms with Crippen molar-refractivity contribution in [2.24, 2.45) is 14.1 Å². The lowest BCUT2D eigenvalue weighted by atomic mass is 10.1. The van der Waals surface area contributed by atoms with Gasteiger partial charge in [-0.1, -0.05) is 18.2 Å². The summed E-state index contributed by atoms with van der Waals surface area (Å²) in [5.74, 6) is 0. The minimum Gasteiger partial charge on any atom is -0.302 e. The summed E-state index contributed by atoms with van der Waals surface area (Å²) in [5.41, 5.74) is 0.120. The molecule has 2 aromatic rings. The van der Waals surface area contributed by atoms with Crippen molar-refractivity contribution in [2.75, 3.05) is 4.31 Å². The predicted molar refractivity (Wildman–Crippen MR) is 86.2 cm³/mol. The number of anilines is 1. The zero-order valence-electron chi connectivity index (χ0n) is 13.1. The third kappa shape index (κ3) is 2.21. The molecule has 1 aromatic carbocycles. The first-order valence-corrected chi connectivity index (χ1v) is 8.58. The van der Waals surface area contributed by atoms with Crippen molar-refractivity contribution in [3.8, 4) is 0 Å². The van der Waals surface area contributed by atoms with Crippen LogP contribution < -0.4 is 15.6 Å². The number of para-hydroxylation sites is 1. The summed E-state index contributed by atoms with van der Waals surface area (Å²) in [6, 6.07) is 6.92. The van der Waals surface area contributed by atoms with Gasteiger partial charge in [0.05, 0.1) is 5.69 Å². The van der Waals surface area contributed by atoms with E-state index in [1.54, 1.807) is 19.1 Å². The molecule has 0 aliphatic carbocycles. The summed E-state index contributed by atoms with van der Waals surface area (Å²) < 4.78 is 29.3. The third-order valence-corrected chi connectivity index (χ3v) is 6.01. The molecular weight excluding hydrogens is 318 g/mol. The third-order valence-electron chi connectivity index (χ3n) is 4.10. The second kappa shape index (κ2) is 5.09. The molecule has 0 radical (unpaired) electrons. The van der Waals surface area contributed by atoms with Gasteiger partial charge in [0.1, 0.15) is 0 Å². The molecule has 0 bridgehead atoms. The van der Waals surface area contributed by atoms with Crippen LogP contribution in [0.25, 0.3) is 0 Å². The van der Waals surface area contributed by atoms with Crippen LogP contribution in [0.3, 0.4) is 0 Å². The zero-order chi connectivity index (χ0) is 16.9. The average molecular weight is 335 g/mol. The fourth-order valence-corrected chi connectivity index (χ4v) is 4.81. The highest BCUT2D eigenvalue weighted by atomic mass is 32.2. The van der Waals surface area contributed by atoms with Crippen LogP contribution in [0.5, 0.6) is 0 Å². The number of hydrogen-bond donors (Lipinski definition) is 0. The fourth-order valence-electron chi connectivity index (χ4n) is 2.96. The molecule has 7 nitrogen and oxygen atoms in total. The number of rotatable bonds is 2. The minimum atomic E-state index is -4.05. The van der Waals surface area contributed by atoms with Crippen LogP contribution in [0, 0.1) is 0 Å². The van der Waals surface area contributed by atoms with E-state index in [0.29, 0.717) is 12.1 Å². The lowest BCUT2D eigenvalue weighted by Crippen LogP contribution is -2.44. The molecule has 1 atom stereocenters. The highest BCUT2D eigenvalue weighted by molar-refractivity contribution is 7.92. The number of hydrogen-bond acceptors (Lipinski definition) is 4. The van der Waals surface area contributed by atoms with Gasteiger partial charge in [0.15, 0.2) is 4.90 Å². The van der Waals surface area contributed by atoms with Gasteiger partial charge in [-0.05, 0) is 25.0 Å². The molecule has 1 aliphatic rings. The van der Waals surface area contributed by atoms with Crippen LogP contribution in [0.1, 0.15) is 12.5 Å². The predicted octanol–water partition coefficient (Wildman–Crippen LogP) is 0.224. The second-order valence-corrected chi connectivity index (χ2v) is 7.52. The fraction of sp³-hybridized carbons (Fsp3) is 0.333. The van der Waals surface area contributed by atoms with Gasteiger partial charge < -0.3 is 4.57 Å². The largest absolute Gasteiger partial charge is 0.330 e. The monoisotopic (exact) mass is 335 g/mol. The first-order chi connectivity index (χ1) is 10.7. The van der Waals surface area contributed by atoms with Crippen LogP contribution in [0.4, 0.5) is 5.69 Å². The van der Waals surface area contributed by atoms with Gasteiger partial charge in [0, 0.05) is 26.3 Å². The van der Waals surface area contributed by atoms with Gasteiger partial charge in [-0.3, -0.25) is 13.7 Å². The number of fused-ring (bicyclic) bond motifs is 1. The van der Waals surface area contributed by atoms with E-state index in [-0.39, 0.29) is 6.04 Å². The molecule has 0 spiro atoms. The van der Waals surface area contributed by atoms with E-state index in [2.05, 4.69) is 0 Å². The highest BCUT2D eigenvalue weighted by Crippen LogP contribution is 2.35. The molecule has 0 amide bonds. The Balaban J connectivity index is 2.26. The SMILES string of the molecule is C[C@H]1Cc2ccccc2N1S(=O)(=O)c1cn(C)c(=O)n(C)c1=O.